The van der Waals surface area contributed by atoms with Crippen LogP contribution in [0.1, 0.15) is 39.1 Å². The second kappa shape index (κ2) is 4.59. The number of aromatic nitrogens is 2. The third-order valence-electron chi connectivity index (χ3n) is 3.25. The average Bonchev–Trinajstić information content (AvgIpc) is 3.04. The average molecular weight is 259 g/mol. The van der Waals surface area contributed by atoms with Crippen molar-refractivity contribution in [2.75, 3.05) is 0 Å². The summed E-state index contributed by atoms with van der Waals surface area (Å²) in [7, 11) is 0. The highest BCUT2D eigenvalue weighted by atomic mass is 32.1. The van der Waals surface area contributed by atoms with E-state index in [4.69, 9.17) is 5.73 Å². The van der Waals surface area contributed by atoms with Gasteiger partial charge in [0.15, 0.2) is 5.78 Å². The zero-order chi connectivity index (χ0) is 12.5. The molecular formula is C13H13N3OS. The van der Waals surface area contributed by atoms with Gasteiger partial charge in [-0.1, -0.05) is 6.07 Å². The molecule has 2 N–H and O–H groups in total. The van der Waals surface area contributed by atoms with E-state index in [2.05, 4.69) is 9.97 Å². The standard InChI is InChI=1S/C13H13N3OS/c14-6-11-16-10(7-18-11)13(17)9-4-3-8-2-1-5-15-12(8)9/h1-2,5,7,9H,3-4,6,14H2. The van der Waals surface area contributed by atoms with E-state index in [0.717, 1.165) is 23.5 Å². The minimum atomic E-state index is -0.131. The monoisotopic (exact) mass is 259 g/mol. The quantitative estimate of drug-likeness (QED) is 0.855. The van der Waals surface area contributed by atoms with E-state index < -0.39 is 0 Å². The summed E-state index contributed by atoms with van der Waals surface area (Å²) in [6.45, 7) is 0.386. The Bertz CT molecular complexity index is 593. The Morgan fingerprint density at radius 2 is 2.44 bits per heavy atom. The maximum absolute atomic E-state index is 12.4. The van der Waals surface area contributed by atoms with Gasteiger partial charge < -0.3 is 5.73 Å². The number of hydrogen-bond acceptors (Lipinski definition) is 5. The van der Waals surface area contributed by atoms with Gasteiger partial charge in [-0.05, 0) is 24.5 Å². The van der Waals surface area contributed by atoms with Crippen molar-refractivity contribution in [3.05, 3.63) is 45.7 Å². The lowest BCUT2D eigenvalue weighted by atomic mass is 9.99. The molecule has 92 valence electrons. The number of pyridine rings is 1. The van der Waals surface area contributed by atoms with Crippen molar-refractivity contribution in [1.82, 2.24) is 9.97 Å². The summed E-state index contributed by atoms with van der Waals surface area (Å²) in [6, 6.07) is 3.96. The SMILES string of the molecule is NCc1nc(C(=O)C2CCc3cccnc32)cs1. The van der Waals surface area contributed by atoms with Crippen LogP contribution in [0.2, 0.25) is 0 Å². The maximum Gasteiger partial charge on any atom is 0.191 e. The van der Waals surface area contributed by atoms with Crippen LogP contribution in [-0.2, 0) is 13.0 Å². The fourth-order valence-electron chi connectivity index (χ4n) is 2.36. The lowest BCUT2D eigenvalue weighted by molar-refractivity contribution is 0.0953. The van der Waals surface area contributed by atoms with Gasteiger partial charge in [0.05, 0.1) is 11.6 Å². The zero-order valence-corrected chi connectivity index (χ0v) is 10.6. The molecule has 1 aliphatic rings. The highest BCUT2D eigenvalue weighted by Gasteiger charge is 2.31. The van der Waals surface area contributed by atoms with Gasteiger partial charge in [-0.2, -0.15) is 0 Å². The summed E-state index contributed by atoms with van der Waals surface area (Å²) < 4.78 is 0. The Hall–Kier alpha value is -1.59. The van der Waals surface area contributed by atoms with Crippen molar-refractivity contribution in [2.45, 2.75) is 25.3 Å². The number of fused-ring (bicyclic) bond motifs is 1. The van der Waals surface area contributed by atoms with Crippen LogP contribution in [0.3, 0.4) is 0 Å². The number of hydrogen-bond donors (Lipinski definition) is 1. The highest BCUT2D eigenvalue weighted by molar-refractivity contribution is 7.09. The molecule has 5 heteroatoms. The number of Topliss-reactive ketones (excluding diaryl/α,β-unsaturated/α-hetero) is 1. The molecule has 0 aromatic carbocycles. The van der Waals surface area contributed by atoms with Gasteiger partial charge in [-0.15, -0.1) is 11.3 Å². The van der Waals surface area contributed by atoms with Crippen LogP contribution >= 0.6 is 11.3 Å². The minimum absolute atomic E-state index is 0.0726. The molecule has 0 saturated heterocycles. The van der Waals surface area contributed by atoms with Gasteiger partial charge in [0.2, 0.25) is 0 Å². The molecule has 0 spiro atoms. The molecule has 0 fully saturated rings. The molecule has 1 atom stereocenters. The lowest BCUT2D eigenvalue weighted by Gasteiger charge is -2.06. The summed E-state index contributed by atoms with van der Waals surface area (Å²) in [5.74, 6) is -0.0580. The molecule has 0 amide bonds. The Balaban J connectivity index is 1.90. The van der Waals surface area contributed by atoms with E-state index in [-0.39, 0.29) is 11.7 Å². The van der Waals surface area contributed by atoms with Crippen molar-refractivity contribution >= 4 is 17.1 Å². The van der Waals surface area contributed by atoms with Crippen molar-refractivity contribution in [3.8, 4) is 0 Å². The largest absolute Gasteiger partial charge is 0.325 e. The van der Waals surface area contributed by atoms with Gasteiger partial charge in [0, 0.05) is 18.1 Å². The van der Waals surface area contributed by atoms with Crippen molar-refractivity contribution < 1.29 is 4.79 Å². The van der Waals surface area contributed by atoms with Crippen LogP contribution in [0.5, 0.6) is 0 Å². The first-order chi connectivity index (χ1) is 8.79. The Morgan fingerprint density at radius 3 is 3.22 bits per heavy atom. The summed E-state index contributed by atoms with van der Waals surface area (Å²) in [5.41, 5.74) is 8.16. The Morgan fingerprint density at radius 1 is 1.56 bits per heavy atom. The summed E-state index contributed by atoms with van der Waals surface area (Å²) >= 11 is 1.44. The Kier molecular flexibility index (Phi) is 2.93. The number of nitrogens with two attached hydrogens (primary N) is 1. The van der Waals surface area contributed by atoms with E-state index in [0.29, 0.717) is 12.2 Å². The molecule has 0 bridgehead atoms. The summed E-state index contributed by atoms with van der Waals surface area (Å²) in [6.07, 6.45) is 3.50. The number of thiazole rings is 1. The van der Waals surface area contributed by atoms with Gasteiger partial charge in [0.1, 0.15) is 10.7 Å². The van der Waals surface area contributed by atoms with Crippen LogP contribution in [0.4, 0.5) is 0 Å². The van der Waals surface area contributed by atoms with E-state index >= 15 is 0 Å². The maximum atomic E-state index is 12.4. The third-order valence-corrected chi connectivity index (χ3v) is 4.12. The number of ketones is 1. The summed E-state index contributed by atoms with van der Waals surface area (Å²) in [5, 5.41) is 2.60. The molecule has 2 aromatic heterocycles. The van der Waals surface area contributed by atoms with Crippen LogP contribution in [0.15, 0.2) is 23.7 Å². The Labute approximate surface area is 109 Å². The summed E-state index contributed by atoms with van der Waals surface area (Å²) in [4.78, 5) is 21.0. The van der Waals surface area contributed by atoms with Crippen LogP contribution in [-0.4, -0.2) is 15.8 Å². The zero-order valence-electron chi connectivity index (χ0n) is 9.80. The predicted molar refractivity (Wildman–Crippen MR) is 69.6 cm³/mol. The highest BCUT2D eigenvalue weighted by Crippen LogP contribution is 2.33. The number of carbonyl (C=O) groups excluding carboxylic acids is 1. The second-order valence-corrected chi connectivity index (χ2v) is 5.28. The molecular weight excluding hydrogens is 246 g/mol. The number of aryl methyl sites for hydroxylation is 1. The molecule has 3 rings (SSSR count). The van der Waals surface area contributed by atoms with E-state index in [1.807, 2.05) is 12.1 Å². The van der Waals surface area contributed by atoms with Gasteiger partial charge >= 0.3 is 0 Å². The molecule has 0 radical (unpaired) electrons. The van der Waals surface area contributed by atoms with Crippen molar-refractivity contribution in [1.29, 1.82) is 0 Å². The van der Waals surface area contributed by atoms with Gasteiger partial charge in [0.25, 0.3) is 0 Å². The molecule has 1 aliphatic carbocycles. The minimum Gasteiger partial charge on any atom is -0.325 e. The van der Waals surface area contributed by atoms with E-state index in [1.54, 1.807) is 11.6 Å². The fourth-order valence-corrected chi connectivity index (χ4v) is 3.03. The fraction of sp³-hybridized carbons (Fsp3) is 0.308. The number of carbonyl (C=O) groups is 1. The van der Waals surface area contributed by atoms with Gasteiger partial charge in [-0.25, -0.2) is 4.98 Å². The predicted octanol–water partition coefficient (Wildman–Crippen LogP) is 1.91. The smallest absolute Gasteiger partial charge is 0.191 e. The molecule has 2 aromatic rings. The molecule has 4 nitrogen and oxygen atoms in total. The molecule has 1 unspecified atom stereocenters. The lowest BCUT2D eigenvalue weighted by Crippen LogP contribution is -2.12. The van der Waals surface area contributed by atoms with Crippen LogP contribution < -0.4 is 5.73 Å². The molecule has 0 saturated carbocycles. The molecule has 0 aliphatic heterocycles. The molecule has 18 heavy (non-hydrogen) atoms. The van der Waals surface area contributed by atoms with Gasteiger partial charge in [-0.3, -0.25) is 9.78 Å². The first-order valence-corrected chi connectivity index (χ1v) is 6.80. The first kappa shape index (κ1) is 11.5. The van der Waals surface area contributed by atoms with E-state index in [1.165, 1.54) is 16.9 Å². The normalized spacial score (nSPS) is 17.7. The third kappa shape index (κ3) is 1.85. The number of nitrogens with zero attached hydrogens (tertiary/aromatic N) is 2. The topological polar surface area (TPSA) is 68.9 Å². The van der Waals surface area contributed by atoms with Crippen molar-refractivity contribution in [3.63, 3.8) is 0 Å². The molecule has 2 heterocycles. The first-order valence-electron chi connectivity index (χ1n) is 5.92. The number of rotatable bonds is 3. The van der Waals surface area contributed by atoms with E-state index in [9.17, 15) is 4.79 Å². The second-order valence-electron chi connectivity index (χ2n) is 4.33. The van der Waals surface area contributed by atoms with Crippen LogP contribution in [0.25, 0.3) is 0 Å². The van der Waals surface area contributed by atoms with Crippen molar-refractivity contribution in [2.24, 2.45) is 5.73 Å². The van der Waals surface area contributed by atoms with Crippen LogP contribution in [0, 0.1) is 0 Å².